The van der Waals surface area contributed by atoms with Crippen LogP contribution in [0.1, 0.15) is 37.9 Å². The van der Waals surface area contributed by atoms with Crippen LogP contribution in [-0.2, 0) is 12.5 Å². The summed E-state index contributed by atoms with van der Waals surface area (Å²) in [5.74, 6) is 1.71. The maximum absolute atomic E-state index is 9.42. The lowest BCUT2D eigenvalue weighted by Gasteiger charge is -2.13. The molecule has 106 valence electrons. The SMILES string of the molecule is CSc1c(C#N)c(-c2cc(C(C)(C)C)oc2C)nn1C. The molecule has 2 aromatic heterocycles. The number of rotatable bonds is 2. The Morgan fingerprint density at radius 1 is 1.40 bits per heavy atom. The third-order valence-electron chi connectivity index (χ3n) is 3.21. The highest BCUT2D eigenvalue weighted by atomic mass is 32.2. The molecule has 0 radical (unpaired) electrons. The standard InChI is InChI=1S/C15H19N3OS/c1-9-10(7-12(19-9)15(2,3)4)13-11(8-16)14(20-6)18(5)17-13/h7H,1-6H3. The molecular formula is C15H19N3OS. The van der Waals surface area contributed by atoms with Gasteiger partial charge in [-0.3, -0.25) is 4.68 Å². The largest absolute Gasteiger partial charge is 0.465 e. The van der Waals surface area contributed by atoms with E-state index in [1.165, 1.54) is 11.8 Å². The molecule has 4 nitrogen and oxygen atoms in total. The molecule has 0 unspecified atom stereocenters. The Morgan fingerprint density at radius 2 is 2.05 bits per heavy atom. The van der Waals surface area contributed by atoms with Crippen molar-refractivity contribution in [3.05, 3.63) is 23.2 Å². The van der Waals surface area contributed by atoms with E-state index in [1.54, 1.807) is 4.68 Å². The quantitative estimate of drug-likeness (QED) is 0.787. The average molecular weight is 289 g/mol. The summed E-state index contributed by atoms with van der Waals surface area (Å²) in [6.45, 7) is 8.23. The zero-order valence-electron chi connectivity index (χ0n) is 12.7. The minimum atomic E-state index is -0.0626. The van der Waals surface area contributed by atoms with Crippen molar-refractivity contribution in [2.45, 2.75) is 38.1 Å². The predicted molar refractivity (Wildman–Crippen MR) is 80.8 cm³/mol. The molecule has 20 heavy (non-hydrogen) atoms. The number of aromatic nitrogens is 2. The van der Waals surface area contributed by atoms with E-state index in [2.05, 4.69) is 31.9 Å². The van der Waals surface area contributed by atoms with Gasteiger partial charge in [0.05, 0.1) is 0 Å². The van der Waals surface area contributed by atoms with Gasteiger partial charge in [0.15, 0.2) is 0 Å². The van der Waals surface area contributed by atoms with Crippen LogP contribution < -0.4 is 0 Å². The van der Waals surface area contributed by atoms with Crippen LogP contribution in [0.4, 0.5) is 0 Å². The highest BCUT2D eigenvalue weighted by Gasteiger charge is 2.25. The van der Waals surface area contributed by atoms with Gasteiger partial charge in [-0.15, -0.1) is 11.8 Å². The molecule has 5 heteroatoms. The molecule has 0 atom stereocenters. The molecule has 0 aliphatic carbocycles. The monoisotopic (exact) mass is 289 g/mol. The van der Waals surface area contributed by atoms with E-state index in [0.717, 1.165) is 22.1 Å². The maximum atomic E-state index is 9.42. The Kier molecular flexibility index (Phi) is 3.70. The molecule has 0 aliphatic heterocycles. The molecule has 2 heterocycles. The number of furan rings is 1. The zero-order valence-corrected chi connectivity index (χ0v) is 13.6. The third-order valence-corrected chi connectivity index (χ3v) is 4.07. The lowest BCUT2D eigenvalue weighted by molar-refractivity contribution is 0.396. The van der Waals surface area contributed by atoms with Gasteiger partial charge in [0.1, 0.15) is 33.9 Å². The lowest BCUT2D eigenvalue weighted by atomic mass is 9.93. The fourth-order valence-electron chi connectivity index (χ4n) is 2.12. The fraction of sp³-hybridized carbons (Fsp3) is 0.467. The Balaban J connectivity index is 2.64. The Morgan fingerprint density at radius 3 is 2.50 bits per heavy atom. The highest BCUT2D eigenvalue weighted by Crippen LogP contribution is 2.36. The molecule has 0 aromatic carbocycles. The van der Waals surface area contributed by atoms with Crippen LogP contribution in [0.15, 0.2) is 15.5 Å². The third kappa shape index (κ3) is 2.36. The Labute approximate surface area is 123 Å². The zero-order chi connectivity index (χ0) is 15.1. The first kappa shape index (κ1) is 14.7. The Hall–Kier alpha value is -1.67. The van der Waals surface area contributed by atoms with E-state index >= 15 is 0 Å². The number of nitriles is 1. The lowest BCUT2D eigenvalue weighted by Crippen LogP contribution is -2.09. The number of nitrogens with zero attached hydrogens (tertiary/aromatic N) is 3. The molecule has 2 rings (SSSR count). The van der Waals surface area contributed by atoms with Gasteiger partial charge in [0.2, 0.25) is 0 Å². The fourth-order valence-corrected chi connectivity index (χ4v) is 2.77. The summed E-state index contributed by atoms with van der Waals surface area (Å²) in [5.41, 5.74) is 2.16. The van der Waals surface area contributed by atoms with Crippen molar-refractivity contribution < 1.29 is 4.42 Å². The van der Waals surface area contributed by atoms with E-state index in [0.29, 0.717) is 11.3 Å². The summed E-state index contributed by atoms with van der Waals surface area (Å²) in [5, 5.41) is 14.8. The van der Waals surface area contributed by atoms with Crippen molar-refractivity contribution in [3.8, 4) is 17.3 Å². The van der Waals surface area contributed by atoms with E-state index < -0.39 is 0 Å². The minimum Gasteiger partial charge on any atom is -0.465 e. The van der Waals surface area contributed by atoms with Crippen molar-refractivity contribution in [1.29, 1.82) is 5.26 Å². The predicted octanol–water partition coefficient (Wildman–Crippen LogP) is 3.88. The van der Waals surface area contributed by atoms with Gasteiger partial charge in [-0.05, 0) is 19.2 Å². The molecule has 0 amide bonds. The van der Waals surface area contributed by atoms with Gasteiger partial charge in [0.25, 0.3) is 0 Å². The number of aryl methyl sites for hydroxylation is 2. The summed E-state index contributed by atoms with van der Waals surface area (Å²) >= 11 is 1.53. The van der Waals surface area contributed by atoms with Crippen LogP contribution in [0.3, 0.4) is 0 Å². The molecule has 0 fully saturated rings. The van der Waals surface area contributed by atoms with Crippen molar-refractivity contribution in [2.24, 2.45) is 7.05 Å². The smallest absolute Gasteiger partial charge is 0.115 e. The number of thioether (sulfide) groups is 1. The van der Waals surface area contributed by atoms with Gasteiger partial charge < -0.3 is 4.42 Å². The maximum Gasteiger partial charge on any atom is 0.115 e. The summed E-state index contributed by atoms with van der Waals surface area (Å²) in [6.07, 6.45) is 1.95. The van der Waals surface area contributed by atoms with Gasteiger partial charge in [-0.2, -0.15) is 10.4 Å². The van der Waals surface area contributed by atoms with Crippen LogP contribution >= 0.6 is 11.8 Å². The first-order valence-electron chi connectivity index (χ1n) is 6.42. The first-order chi connectivity index (χ1) is 9.29. The van der Waals surface area contributed by atoms with Crippen LogP contribution in [-0.4, -0.2) is 16.0 Å². The molecule has 0 saturated heterocycles. The van der Waals surface area contributed by atoms with Crippen molar-refractivity contribution in [3.63, 3.8) is 0 Å². The second-order valence-corrected chi connectivity index (χ2v) is 6.59. The van der Waals surface area contributed by atoms with Gasteiger partial charge >= 0.3 is 0 Å². The summed E-state index contributed by atoms with van der Waals surface area (Å²) in [4.78, 5) is 0. The second-order valence-electron chi connectivity index (χ2n) is 5.80. The number of hydrogen-bond acceptors (Lipinski definition) is 4. The molecule has 0 bridgehead atoms. The van der Waals surface area contributed by atoms with Crippen LogP contribution in [0.5, 0.6) is 0 Å². The van der Waals surface area contributed by atoms with E-state index in [1.807, 2.05) is 26.3 Å². The van der Waals surface area contributed by atoms with Gasteiger partial charge in [-0.1, -0.05) is 20.8 Å². The minimum absolute atomic E-state index is 0.0626. The van der Waals surface area contributed by atoms with E-state index in [4.69, 9.17) is 4.42 Å². The molecule has 0 N–H and O–H groups in total. The topological polar surface area (TPSA) is 54.8 Å². The van der Waals surface area contributed by atoms with Gasteiger partial charge in [-0.25, -0.2) is 0 Å². The van der Waals surface area contributed by atoms with Crippen LogP contribution in [0.2, 0.25) is 0 Å². The number of hydrogen-bond donors (Lipinski definition) is 0. The summed E-state index contributed by atoms with van der Waals surface area (Å²) < 4.78 is 7.60. The highest BCUT2D eigenvalue weighted by molar-refractivity contribution is 7.98. The normalized spacial score (nSPS) is 11.7. The van der Waals surface area contributed by atoms with Gasteiger partial charge in [0, 0.05) is 18.0 Å². The van der Waals surface area contributed by atoms with Crippen molar-refractivity contribution in [1.82, 2.24) is 9.78 Å². The first-order valence-corrected chi connectivity index (χ1v) is 7.64. The second kappa shape index (κ2) is 5.02. The summed E-state index contributed by atoms with van der Waals surface area (Å²) in [7, 11) is 1.86. The molecule has 0 saturated carbocycles. The van der Waals surface area contributed by atoms with E-state index in [-0.39, 0.29) is 5.41 Å². The summed E-state index contributed by atoms with van der Waals surface area (Å²) in [6, 6.07) is 4.27. The van der Waals surface area contributed by atoms with E-state index in [9.17, 15) is 5.26 Å². The van der Waals surface area contributed by atoms with Crippen molar-refractivity contribution >= 4 is 11.8 Å². The Bertz CT molecular complexity index is 683. The molecule has 0 spiro atoms. The molecule has 0 aliphatic rings. The van der Waals surface area contributed by atoms with Crippen LogP contribution in [0.25, 0.3) is 11.3 Å². The van der Waals surface area contributed by atoms with Crippen LogP contribution in [0, 0.1) is 18.3 Å². The molecule has 2 aromatic rings. The van der Waals surface area contributed by atoms with Crippen molar-refractivity contribution in [2.75, 3.05) is 6.26 Å². The average Bonchev–Trinajstić information content (AvgIpc) is 2.88. The molecular weight excluding hydrogens is 270 g/mol.